The van der Waals surface area contributed by atoms with Crippen LogP contribution in [0.15, 0.2) is 29.1 Å². The maximum atomic E-state index is 11.7. The van der Waals surface area contributed by atoms with Crippen molar-refractivity contribution in [3.05, 3.63) is 45.8 Å². The Balaban J connectivity index is 2.54. The monoisotopic (exact) mass is 199 g/mol. The minimum absolute atomic E-state index is 0.0341. The van der Waals surface area contributed by atoms with Gasteiger partial charge in [0.2, 0.25) is 0 Å². The molecule has 3 nitrogen and oxygen atoms in total. The molecule has 0 saturated carbocycles. The summed E-state index contributed by atoms with van der Waals surface area (Å²) in [6.45, 7) is 0. The summed E-state index contributed by atoms with van der Waals surface area (Å²) in [5.74, 6) is 0.219. The molecule has 1 aromatic carbocycles. The van der Waals surface area contributed by atoms with Crippen LogP contribution in [-0.4, -0.2) is 10.1 Å². The van der Waals surface area contributed by atoms with E-state index in [0.717, 1.165) is 22.0 Å². The van der Waals surface area contributed by atoms with Crippen molar-refractivity contribution in [2.75, 3.05) is 0 Å². The zero-order valence-corrected chi connectivity index (χ0v) is 7.95. The molecule has 0 unspecified atom stereocenters. The van der Waals surface area contributed by atoms with Gasteiger partial charge in [0.25, 0.3) is 5.56 Å². The second kappa shape index (κ2) is 2.73. The second-order valence-corrected chi connectivity index (χ2v) is 3.68. The molecule has 0 fully saturated rings. The third-order valence-electron chi connectivity index (χ3n) is 2.75. The Morgan fingerprint density at radius 1 is 1.33 bits per heavy atom. The molecule has 3 rings (SSSR count). The highest BCUT2D eigenvalue weighted by Gasteiger charge is 2.13. The van der Waals surface area contributed by atoms with Gasteiger partial charge in [-0.1, -0.05) is 12.2 Å². The van der Waals surface area contributed by atoms with Crippen LogP contribution in [0.1, 0.15) is 11.1 Å². The Morgan fingerprint density at radius 2 is 2.20 bits per heavy atom. The van der Waals surface area contributed by atoms with E-state index in [4.69, 9.17) is 0 Å². The van der Waals surface area contributed by atoms with Gasteiger partial charge >= 0.3 is 0 Å². The molecule has 2 N–H and O–H groups in total. The first-order valence-corrected chi connectivity index (χ1v) is 4.80. The van der Waals surface area contributed by atoms with Gasteiger partial charge in [0, 0.05) is 16.5 Å². The molecule has 1 aliphatic rings. The summed E-state index contributed by atoms with van der Waals surface area (Å²) >= 11 is 0. The highest BCUT2D eigenvalue weighted by Crippen LogP contribution is 2.26. The molecule has 1 aliphatic carbocycles. The van der Waals surface area contributed by atoms with Gasteiger partial charge in [-0.25, -0.2) is 0 Å². The van der Waals surface area contributed by atoms with Crippen molar-refractivity contribution in [1.29, 1.82) is 0 Å². The Labute approximate surface area is 85.7 Å². The number of nitrogens with one attached hydrogen (secondary N) is 1. The molecule has 2 aromatic rings. The third-order valence-corrected chi connectivity index (χ3v) is 2.75. The van der Waals surface area contributed by atoms with Gasteiger partial charge < -0.3 is 10.1 Å². The summed E-state index contributed by atoms with van der Waals surface area (Å²) in [6, 6.07) is 4.97. The average Bonchev–Trinajstić information content (AvgIpc) is 2.69. The van der Waals surface area contributed by atoms with Crippen LogP contribution in [-0.2, 0) is 6.42 Å². The first kappa shape index (κ1) is 8.29. The van der Waals surface area contributed by atoms with Gasteiger partial charge in [-0.05, 0) is 30.2 Å². The Bertz CT molecular complexity index is 638. The molecule has 0 saturated heterocycles. The van der Waals surface area contributed by atoms with Crippen molar-refractivity contribution in [3.8, 4) is 5.75 Å². The maximum absolute atomic E-state index is 11.7. The lowest BCUT2D eigenvalue weighted by Gasteiger charge is -2.04. The van der Waals surface area contributed by atoms with Crippen LogP contribution in [0.5, 0.6) is 5.75 Å². The molecule has 3 heteroatoms. The summed E-state index contributed by atoms with van der Waals surface area (Å²) in [4.78, 5) is 14.5. The number of phenols is 1. The number of allylic oxidation sites excluding steroid dienone is 1. The first-order chi connectivity index (χ1) is 7.25. The fourth-order valence-electron chi connectivity index (χ4n) is 2.03. The summed E-state index contributed by atoms with van der Waals surface area (Å²) in [5.41, 5.74) is 2.45. The summed E-state index contributed by atoms with van der Waals surface area (Å²) in [7, 11) is 0. The molecule has 0 bridgehead atoms. The van der Waals surface area contributed by atoms with E-state index in [1.807, 2.05) is 12.2 Å². The average molecular weight is 199 g/mol. The topological polar surface area (TPSA) is 53.1 Å². The van der Waals surface area contributed by atoms with E-state index >= 15 is 0 Å². The van der Waals surface area contributed by atoms with Crippen molar-refractivity contribution >= 4 is 17.0 Å². The third kappa shape index (κ3) is 1.09. The van der Waals surface area contributed by atoms with Crippen molar-refractivity contribution in [2.45, 2.75) is 6.42 Å². The van der Waals surface area contributed by atoms with Crippen LogP contribution in [0.25, 0.3) is 17.0 Å². The van der Waals surface area contributed by atoms with E-state index in [0.29, 0.717) is 6.42 Å². The largest absolute Gasteiger partial charge is 0.508 e. The number of aromatic nitrogens is 1. The van der Waals surface area contributed by atoms with Gasteiger partial charge in [-0.2, -0.15) is 0 Å². The van der Waals surface area contributed by atoms with E-state index in [9.17, 15) is 9.90 Å². The number of phenolic OH excluding ortho intramolecular Hbond substituents is 1. The van der Waals surface area contributed by atoms with Gasteiger partial charge in [-0.3, -0.25) is 4.79 Å². The number of pyridine rings is 1. The van der Waals surface area contributed by atoms with Crippen molar-refractivity contribution in [2.24, 2.45) is 0 Å². The number of H-pyrrole nitrogens is 1. The fourth-order valence-corrected chi connectivity index (χ4v) is 2.03. The van der Waals surface area contributed by atoms with Crippen molar-refractivity contribution in [1.82, 2.24) is 4.98 Å². The minimum Gasteiger partial charge on any atom is -0.508 e. The van der Waals surface area contributed by atoms with Crippen molar-refractivity contribution in [3.63, 3.8) is 0 Å². The predicted molar refractivity (Wildman–Crippen MR) is 59.0 cm³/mol. The van der Waals surface area contributed by atoms with E-state index in [-0.39, 0.29) is 11.3 Å². The van der Waals surface area contributed by atoms with Crippen LogP contribution >= 0.6 is 0 Å². The quantitative estimate of drug-likeness (QED) is 0.679. The van der Waals surface area contributed by atoms with Gasteiger partial charge in [0.1, 0.15) is 5.75 Å². The summed E-state index contributed by atoms with van der Waals surface area (Å²) in [5, 5.41) is 10.3. The van der Waals surface area contributed by atoms with Crippen LogP contribution < -0.4 is 5.56 Å². The SMILES string of the molecule is O=c1[nH]c2ccc(O)cc2c2c1CC=C2. The highest BCUT2D eigenvalue weighted by atomic mass is 16.3. The van der Waals surface area contributed by atoms with E-state index in [2.05, 4.69) is 4.98 Å². The lowest BCUT2D eigenvalue weighted by atomic mass is 10.1. The molecule has 0 aliphatic heterocycles. The molecule has 0 atom stereocenters. The first-order valence-electron chi connectivity index (χ1n) is 4.80. The number of aromatic amines is 1. The van der Waals surface area contributed by atoms with E-state index in [1.54, 1.807) is 18.2 Å². The smallest absolute Gasteiger partial charge is 0.252 e. The molecule has 0 radical (unpaired) electrons. The normalized spacial score (nSPS) is 13.3. The lowest BCUT2D eigenvalue weighted by molar-refractivity contribution is 0.476. The van der Waals surface area contributed by atoms with Gasteiger partial charge in [-0.15, -0.1) is 0 Å². The number of fused-ring (bicyclic) bond motifs is 3. The van der Waals surface area contributed by atoms with Crippen LogP contribution in [0.2, 0.25) is 0 Å². The fraction of sp³-hybridized carbons (Fsp3) is 0.0833. The Kier molecular flexibility index (Phi) is 1.51. The lowest BCUT2D eigenvalue weighted by Crippen LogP contribution is -2.12. The molecule has 1 heterocycles. The number of rotatable bonds is 0. The highest BCUT2D eigenvalue weighted by molar-refractivity contribution is 5.91. The molecular formula is C12H9NO2. The van der Waals surface area contributed by atoms with Crippen LogP contribution in [0.3, 0.4) is 0 Å². The minimum atomic E-state index is -0.0341. The second-order valence-electron chi connectivity index (χ2n) is 3.68. The van der Waals surface area contributed by atoms with E-state index in [1.165, 1.54) is 0 Å². The maximum Gasteiger partial charge on any atom is 0.252 e. The molecule has 0 amide bonds. The zero-order valence-electron chi connectivity index (χ0n) is 7.95. The number of hydrogen-bond acceptors (Lipinski definition) is 2. The number of benzene rings is 1. The molecule has 74 valence electrons. The molecular weight excluding hydrogens is 190 g/mol. The van der Waals surface area contributed by atoms with Crippen molar-refractivity contribution < 1.29 is 5.11 Å². The van der Waals surface area contributed by atoms with Gasteiger partial charge in [0.05, 0.1) is 0 Å². The molecule has 15 heavy (non-hydrogen) atoms. The van der Waals surface area contributed by atoms with E-state index < -0.39 is 0 Å². The standard InChI is InChI=1S/C12H9NO2/c14-7-4-5-11-10(6-7)8-2-1-3-9(8)12(15)13-11/h1-2,4-6,14H,3H2,(H,13,15). The predicted octanol–water partition coefficient (Wildman–Crippen LogP) is 1.80. The molecule has 0 spiro atoms. The summed E-state index contributed by atoms with van der Waals surface area (Å²) in [6.07, 6.45) is 4.58. The van der Waals surface area contributed by atoms with Gasteiger partial charge in [0.15, 0.2) is 0 Å². The zero-order chi connectivity index (χ0) is 10.4. The molecule has 1 aromatic heterocycles. The number of aromatic hydroxyl groups is 1. The summed E-state index contributed by atoms with van der Waals surface area (Å²) < 4.78 is 0. The van der Waals surface area contributed by atoms with Crippen LogP contribution in [0, 0.1) is 0 Å². The Morgan fingerprint density at radius 3 is 3.07 bits per heavy atom. The Hall–Kier alpha value is -2.03. The van der Waals surface area contributed by atoms with Crippen LogP contribution in [0.4, 0.5) is 0 Å². The number of hydrogen-bond donors (Lipinski definition) is 2.